The van der Waals surface area contributed by atoms with Crippen molar-refractivity contribution in [3.05, 3.63) is 88.0 Å². The van der Waals surface area contributed by atoms with Crippen LogP contribution in [0.25, 0.3) is 0 Å². The van der Waals surface area contributed by atoms with Gasteiger partial charge in [0.2, 0.25) is 0 Å². The number of rotatable bonds is 12. The number of nitro benzene ring substituents is 1. The van der Waals surface area contributed by atoms with E-state index in [2.05, 4.69) is 10.2 Å². The molecule has 0 fully saturated rings. The van der Waals surface area contributed by atoms with Crippen LogP contribution in [0.3, 0.4) is 0 Å². The lowest BCUT2D eigenvalue weighted by atomic mass is 10.1. The molecule has 3 aromatic rings. The number of aryl methyl sites for hydroxylation is 1. The van der Waals surface area contributed by atoms with Crippen LogP contribution >= 0.6 is 0 Å². The number of benzene rings is 3. The zero-order chi connectivity index (χ0) is 26.1. The third-order valence-electron chi connectivity index (χ3n) is 5.38. The maximum atomic E-state index is 12.3. The lowest BCUT2D eigenvalue weighted by molar-refractivity contribution is -0.384. The number of ether oxygens (including phenoxy) is 1. The second-order valence-electron chi connectivity index (χ2n) is 7.87. The summed E-state index contributed by atoms with van der Waals surface area (Å²) in [6, 6.07) is 18.6. The summed E-state index contributed by atoms with van der Waals surface area (Å²) in [5.74, 6) is 0.0831. The SMILES string of the molecule is CCN(CCOS(=O)(=O)Cc1ccccc1)c1ccc(N=Nc2ccc([N+](=O)[O-])cc2OC)c(C)c1. The summed E-state index contributed by atoms with van der Waals surface area (Å²) in [7, 11) is -2.27. The van der Waals surface area contributed by atoms with Gasteiger partial charge in [-0.3, -0.25) is 14.3 Å². The molecule has 0 N–H and O–H groups in total. The van der Waals surface area contributed by atoms with E-state index >= 15 is 0 Å². The number of hydrogen-bond acceptors (Lipinski definition) is 9. The van der Waals surface area contributed by atoms with Gasteiger partial charge >= 0.3 is 0 Å². The minimum atomic E-state index is -3.68. The van der Waals surface area contributed by atoms with Gasteiger partial charge in [0, 0.05) is 24.8 Å². The highest BCUT2D eigenvalue weighted by molar-refractivity contribution is 7.85. The van der Waals surface area contributed by atoms with Crippen molar-refractivity contribution in [2.75, 3.05) is 31.7 Å². The van der Waals surface area contributed by atoms with Crippen LogP contribution in [0.4, 0.5) is 22.7 Å². The van der Waals surface area contributed by atoms with Crippen LogP contribution in [0.15, 0.2) is 77.0 Å². The maximum Gasteiger partial charge on any atom is 0.273 e. The number of nitrogens with zero attached hydrogens (tertiary/aromatic N) is 4. The second kappa shape index (κ2) is 12.2. The van der Waals surface area contributed by atoms with E-state index in [4.69, 9.17) is 8.92 Å². The Morgan fingerprint density at radius 2 is 1.69 bits per heavy atom. The van der Waals surface area contributed by atoms with Gasteiger partial charge in [0.25, 0.3) is 15.8 Å². The summed E-state index contributed by atoms with van der Waals surface area (Å²) < 4.78 is 35.0. The van der Waals surface area contributed by atoms with Gasteiger partial charge in [-0.15, -0.1) is 5.11 Å². The van der Waals surface area contributed by atoms with E-state index in [9.17, 15) is 18.5 Å². The number of non-ortho nitro benzene ring substituents is 1. The monoisotopic (exact) mass is 512 g/mol. The molecular weight excluding hydrogens is 484 g/mol. The molecule has 0 heterocycles. The smallest absolute Gasteiger partial charge is 0.273 e. The Bertz CT molecular complexity index is 1330. The predicted octanol–water partition coefficient (Wildman–Crippen LogP) is 5.70. The Kier molecular flexibility index (Phi) is 9.09. The van der Waals surface area contributed by atoms with E-state index in [0.29, 0.717) is 30.0 Å². The Morgan fingerprint density at radius 1 is 1.00 bits per heavy atom. The number of hydrogen-bond donors (Lipinski definition) is 0. The van der Waals surface area contributed by atoms with E-state index < -0.39 is 15.0 Å². The van der Waals surface area contributed by atoms with Gasteiger partial charge in [-0.25, -0.2) is 0 Å². The zero-order valence-corrected chi connectivity index (χ0v) is 21.1. The average molecular weight is 513 g/mol. The molecule has 0 aliphatic rings. The van der Waals surface area contributed by atoms with Crippen LogP contribution in [-0.4, -0.2) is 40.1 Å². The van der Waals surface area contributed by atoms with Crippen molar-refractivity contribution < 1.29 is 22.3 Å². The Labute approximate surface area is 210 Å². The van der Waals surface area contributed by atoms with Crippen molar-refractivity contribution in [1.82, 2.24) is 0 Å². The first-order chi connectivity index (χ1) is 17.2. The van der Waals surface area contributed by atoms with Crippen LogP contribution in [0.5, 0.6) is 5.75 Å². The van der Waals surface area contributed by atoms with Crippen molar-refractivity contribution in [3.8, 4) is 5.75 Å². The summed E-state index contributed by atoms with van der Waals surface area (Å²) in [5.41, 5.74) is 3.33. The molecule has 3 rings (SSSR count). The Balaban J connectivity index is 1.65. The molecular formula is C25H28N4O6S. The number of methoxy groups -OCH3 is 1. The number of likely N-dealkylation sites (N-methyl/N-ethyl adjacent to an activating group) is 1. The van der Waals surface area contributed by atoms with Gasteiger partial charge in [-0.1, -0.05) is 30.3 Å². The van der Waals surface area contributed by atoms with Crippen LogP contribution in [0.1, 0.15) is 18.1 Å². The van der Waals surface area contributed by atoms with Gasteiger partial charge < -0.3 is 9.64 Å². The standard InChI is InChI=1S/C25H28N4O6S/c1-4-28(14-15-35-36(32,33)18-20-8-6-5-7-9-20)21-10-12-23(19(2)16-21)26-27-24-13-11-22(29(30)31)17-25(24)34-3/h5-13,16-17H,4,14-15,18H2,1-3H3. The van der Waals surface area contributed by atoms with E-state index in [1.165, 1.54) is 25.3 Å². The van der Waals surface area contributed by atoms with Crippen LogP contribution in [0, 0.1) is 17.0 Å². The van der Waals surface area contributed by atoms with Crippen molar-refractivity contribution in [3.63, 3.8) is 0 Å². The minimum Gasteiger partial charge on any atom is -0.494 e. The average Bonchev–Trinajstić information content (AvgIpc) is 2.86. The van der Waals surface area contributed by atoms with E-state index in [0.717, 1.165) is 11.3 Å². The molecule has 0 atom stereocenters. The zero-order valence-electron chi connectivity index (χ0n) is 20.3. The lowest BCUT2D eigenvalue weighted by Gasteiger charge is -2.23. The number of azo groups is 1. The highest BCUT2D eigenvalue weighted by Crippen LogP contribution is 2.33. The predicted molar refractivity (Wildman–Crippen MR) is 138 cm³/mol. The molecule has 36 heavy (non-hydrogen) atoms. The molecule has 0 spiro atoms. The molecule has 0 unspecified atom stereocenters. The van der Waals surface area contributed by atoms with Crippen molar-refractivity contribution in [2.45, 2.75) is 19.6 Å². The van der Waals surface area contributed by atoms with E-state index in [1.807, 2.05) is 43.0 Å². The molecule has 0 aliphatic heterocycles. The fraction of sp³-hybridized carbons (Fsp3) is 0.280. The second-order valence-corrected chi connectivity index (χ2v) is 9.51. The first-order valence-corrected chi connectivity index (χ1v) is 12.8. The molecule has 11 heteroatoms. The molecule has 0 bridgehead atoms. The van der Waals surface area contributed by atoms with Gasteiger partial charge in [0.1, 0.15) is 11.4 Å². The maximum absolute atomic E-state index is 12.3. The fourth-order valence-electron chi connectivity index (χ4n) is 3.48. The molecule has 0 saturated heterocycles. The first kappa shape index (κ1) is 26.8. The third kappa shape index (κ3) is 7.33. The highest BCUT2D eigenvalue weighted by Gasteiger charge is 2.15. The summed E-state index contributed by atoms with van der Waals surface area (Å²) in [6.45, 7) is 4.94. The summed E-state index contributed by atoms with van der Waals surface area (Å²) in [4.78, 5) is 12.5. The lowest BCUT2D eigenvalue weighted by Crippen LogP contribution is -2.28. The molecule has 0 amide bonds. The normalized spacial score (nSPS) is 11.5. The van der Waals surface area contributed by atoms with Crippen molar-refractivity contribution in [2.24, 2.45) is 10.2 Å². The molecule has 0 radical (unpaired) electrons. The number of nitro groups is 1. The highest BCUT2D eigenvalue weighted by atomic mass is 32.2. The van der Waals surface area contributed by atoms with Crippen LogP contribution in [-0.2, 0) is 20.1 Å². The fourth-order valence-corrected chi connectivity index (χ4v) is 4.50. The summed E-state index contributed by atoms with van der Waals surface area (Å²) in [5, 5.41) is 19.4. The quantitative estimate of drug-likeness (QED) is 0.132. The Morgan fingerprint density at radius 3 is 2.33 bits per heavy atom. The molecule has 0 aromatic heterocycles. The van der Waals surface area contributed by atoms with Gasteiger partial charge in [-0.2, -0.15) is 13.5 Å². The largest absolute Gasteiger partial charge is 0.494 e. The van der Waals surface area contributed by atoms with Crippen molar-refractivity contribution >= 4 is 32.9 Å². The number of anilines is 1. The summed E-state index contributed by atoms with van der Waals surface area (Å²) in [6.07, 6.45) is 0. The molecule has 0 saturated carbocycles. The topological polar surface area (TPSA) is 124 Å². The molecule has 0 aliphatic carbocycles. The molecule has 190 valence electrons. The third-order valence-corrected chi connectivity index (χ3v) is 6.59. The Hall–Kier alpha value is -3.83. The first-order valence-electron chi connectivity index (χ1n) is 11.2. The van der Waals surface area contributed by atoms with Crippen LogP contribution in [0.2, 0.25) is 0 Å². The van der Waals surface area contributed by atoms with Gasteiger partial charge in [-0.05, 0) is 49.2 Å². The van der Waals surface area contributed by atoms with Crippen LogP contribution < -0.4 is 9.64 Å². The van der Waals surface area contributed by atoms with Gasteiger partial charge in [0.05, 0.1) is 30.4 Å². The summed E-state index contributed by atoms with van der Waals surface area (Å²) >= 11 is 0. The molecule has 10 nitrogen and oxygen atoms in total. The van der Waals surface area contributed by atoms with E-state index in [-0.39, 0.29) is 23.8 Å². The minimum absolute atomic E-state index is 0.0312. The van der Waals surface area contributed by atoms with Crippen molar-refractivity contribution in [1.29, 1.82) is 0 Å². The molecule has 3 aromatic carbocycles. The van der Waals surface area contributed by atoms with Gasteiger partial charge in [0.15, 0.2) is 5.75 Å². The van der Waals surface area contributed by atoms with E-state index in [1.54, 1.807) is 24.3 Å².